The van der Waals surface area contributed by atoms with Gasteiger partial charge in [0, 0.05) is 45.3 Å². The van der Waals surface area contributed by atoms with Crippen molar-refractivity contribution < 1.29 is 9.59 Å². The van der Waals surface area contributed by atoms with E-state index in [2.05, 4.69) is 15.0 Å². The highest BCUT2D eigenvalue weighted by Crippen LogP contribution is 2.22. The van der Waals surface area contributed by atoms with E-state index in [0.29, 0.717) is 29.5 Å². The smallest absolute Gasteiger partial charge is 0.272 e. The first-order chi connectivity index (χ1) is 12.9. The van der Waals surface area contributed by atoms with Gasteiger partial charge in [0.15, 0.2) is 0 Å². The van der Waals surface area contributed by atoms with Crippen LogP contribution in [0.3, 0.4) is 0 Å². The lowest BCUT2D eigenvalue weighted by Crippen LogP contribution is -2.40. The monoisotopic (exact) mass is 367 g/mol. The fourth-order valence-corrected chi connectivity index (χ4v) is 3.46. The third kappa shape index (κ3) is 4.67. The Bertz CT molecular complexity index is 822. The zero-order valence-corrected chi connectivity index (χ0v) is 16.1. The molecule has 0 bridgehead atoms. The molecule has 2 aromatic heterocycles. The Morgan fingerprint density at radius 2 is 2.11 bits per heavy atom. The second kappa shape index (κ2) is 8.24. The Balaban J connectivity index is 1.71. The van der Waals surface area contributed by atoms with Crippen LogP contribution in [-0.4, -0.2) is 63.8 Å². The number of carbonyl (C=O) groups is 2. The molecule has 0 saturated carbocycles. The Morgan fingerprint density at radius 3 is 2.81 bits per heavy atom. The number of nitrogens with zero attached hydrogens (tertiary/aromatic N) is 5. The molecule has 142 valence electrons. The molecule has 0 radical (unpaired) electrons. The Kier molecular flexibility index (Phi) is 5.78. The van der Waals surface area contributed by atoms with Crippen LogP contribution in [0.1, 0.15) is 45.2 Å². The molecule has 0 aliphatic carbocycles. The maximum Gasteiger partial charge on any atom is 0.272 e. The van der Waals surface area contributed by atoms with Gasteiger partial charge in [-0.1, -0.05) is 0 Å². The van der Waals surface area contributed by atoms with Gasteiger partial charge < -0.3 is 9.80 Å². The molecule has 2 amide bonds. The van der Waals surface area contributed by atoms with E-state index in [1.165, 1.54) is 4.90 Å². The van der Waals surface area contributed by atoms with Crippen LogP contribution in [0.5, 0.6) is 0 Å². The van der Waals surface area contributed by atoms with Gasteiger partial charge in [0.25, 0.3) is 11.8 Å². The van der Waals surface area contributed by atoms with Crippen molar-refractivity contribution in [1.82, 2.24) is 24.8 Å². The number of aryl methyl sites for hydroxylation is 1. The van der Waals surface area contributed by atoms with Crippen molar-refractivity contribution in [2.45, 2.75) is 26.2 Å². The average molecular weight is 367 g/mol. The topological polar surface area (TPSA) is 79.3 Å². The van der Waals surface area contributed by atoms with E-state index >= 15 is 0 Å². The van der Waals surface area contributed by atoms with E-state index in [1.807, 2.05) is 4.90 Å². The number of hydrogen-bond donors (Lipinski definition) is 0. The molecule has 0 N–H and O–H groups in total. The zero-order chi connectivity index (χ0) is 19.4. The third-order valence-corrected chi connectivity index (χ3v) is 4.73. The molecular formula is C20H25N5O2. The van der Waals surface area contributed by atoms with E-state index < -0.39 is 0 Å². The van der Waals surface area contributed by atoms with E-state index in [4.69, 9.17) is 0 Å². The molecule has 7 heteroatoms. The highest BCUT2D eigenvalue weighted by molar-refractivity contribution is 5.94. The van der Waals surface area contributed by atoms with Gasteiger partial charge in [-0.25, -0.2) is 9.97 Å². The number of piperidine rings is 1. The Morgan fingerprint density at radius 1 is 1.30 bits per heavy atom. The number of likely N-dealkylation sites (tertiary alicyclic amines) is 1. The normalized spacial score (nSPS) is 16.9. The SMILES string of the molecule is Cc1nc(CC2CCCN(C(=O)c3cccnc3)C2)cc(C(=O)N(C)C)n1. The molecule has 1 atom stereocenters. The molecule has 1 saturated heterocycles. The van der Waals surface area contributed by atoms with E-state index in [9.17, 15) is 9.59 Å². The predicted molar refractivity (Wildman–Crippen MR) is 101 cm³/mol. The summed E-state index contributed by atoms with van der Waals surface area (Å²) in [6.45, 7) is 3.25. The summed E-state index contributed by atoms with van der Waals surface area (Å²) in [6, 6.07) is 5.35. The summed E-state index contributed by atoms with van der Waals surface area (Å²) < 4.78 is 0. The first kappa shape index (κ1) is 18.9. The molecule has 1 unspecified atom stereocenters. The van der Waals surface area contributed by atoms with Gasteiger partial charge in [0.2, 0.25) is 0 Å². The summed E-state index contributed by atoms with van der Waals surface area (Å²) in [7, 11) is 3.42. The molecule has 3 rings (SSSR count). The van der Waals surface area contributed by atoms with E-state index in [1.54, 1.807) is 51.6 Å². The average Bonchev–Trinajstić information content (AvgIpc) is 2.67. The molecule has 2 aromatic rings. The van der Waals surface area contributed by atoms with Crippen LogP contribution in [0.2, 0.25) is 0 Å². The number of rotatable bonds is 4. The molecule has 1 aliphatic heterocycles. The van der Waals surface area contributed by atoms with Crippen molar-refractivity contribution in [3.63, 3.8) is 0 Å². The largest absolute Gasteiger partial charge is 0.343 e. The Labute approximate surface area is 159 Å². The number of hydrogen-bond acceptors (Lipinski definition) is 5. The van der Waals surface area contributed by atoms with Crippen LogP contribution in [0, 0.1) is 12.8 Å². The Hall–Kier alpha value is -2.83. The minimum Gasteiger partial charge on any atom is -0.343 e. The van der Waals surface area contributed by atoms with Crippen molar-refractivity contribution in [1.29, 1.82) is 0 Å². The lowest BCUT2D eigenvalue weighted by Gasteiger charge is -2.32. The first-order valence-corrected chi connectivity index (χ1v) is 9.19. The van der Waals surface area contributed by atoms with Gasteiger partial charge in [0.1, 0.15) is 11.5 Å². The summed E-state index contributed by atoms with van der Waals surface area (Å²) >= 11 is 0. The van der Waals surface area contributed by atoms with Crippen LogP contribution < -0.4 is 0 Å². The second-order valence-electron chi connectivity index (χ2n) is 7.20. The third-order valence-electron chi connectivity index (χ3n) is 4.73. The van der Waals surface area contributed by atoms with Crippen molar-refractivity contribution in [2.24, 2.45) is 5.92 Å². The van der Waals surface area contributed by atoms with Gasteiger partial charge in [-0.3, -0.25) is 14.6 Å². The van der Waals surface area contributed by atoms with Crippen molar-refractivity contribution in [2.75, 3.05) is 27.2 Å². The lowest BCUT2D eigenvalue weighted by molar-refractivity contribution is 0.0672. The van der Waals surface area contributed by atoms with Gasteiger partial charge in [-0.2, -0.15) is 0 Å². The summed E-state index contributed by atoms with van der Waals surface area (Å²) in [5.74, 6) is 0.807. The lowest BCUT2D eigenvalue weighted by atomic mass is 9.92. The maximum absolute atomic E-state index is 12.7. The van der Waals surface area contributed by atoms with E-state index in [-0.39, 0.29) is 11.8 Å². The van der Waals surface area contributed by atoms with Crippen molar-refractivity contribution in [3.05, 3.63) is 53.4 Å². The minimum absolute atomic E-state index is 0.0233. The van der Waals surface area contributed by atoms with Gasteiger partial charge in [-0.05, 0) is 50.3 Å². The molecule has 0 spiro atoms. The van der Waals surface area contributed by atoms with Crippen LogP contribution >= 0.6 is 0 Å². The quantitative estimate of drug-likeness (QED) is 0.825. The van der Waals surface area contributed by atoms with Gasteiger partial charge in [0.05, 0.1) is 5.56 Å². The number of carbonyl (C=O) groups excluding carboxylic acids is 2. The van der Waals surface area contributed by atoms with Crippen LogP contribution in [0.25, 0.3) is 0 Å². The first-order valence-electron chi connectivity index (χ1n) is 9.19. The maximum atomic E-state index is 12.7. The highest BCUT2D eigenvalue weighted by atomic mass is 16.2. The standard InChI is InChI=1S/C20H25N5O2/c1-14-22-17(11-18(23-14)20(27)24(2)3)10-15-6-5-9-25(13-15)19(26)16-7-4-8-21-12-16/h4,7-8,11-12,15H,5-6,9-10,13H2,1-3H3. The molecule has 27 heavy (non-hydrogen) atoms. The fraction of sp³-hybridized carbons (Fsp3) is 0.450. The minimum atomic E-state index is -0.126. The van der Waals surface area contributed by atoms with Crippen LogP contribution in [0.4, 0.5) is 0 Å². The molecule has 1 aliphatic rings. The molecular weight excluding hydrogens is 342 g/mol. The number of pyridine rings is 1. The van der Waals surface area contributed by atoms with Crippen LogP contribution in [-0.2, 0) is 6.42 Å². The number of amides is 2. The van der Waals surface area contributed by atoms with Crippen molar-refractivity contribution in [3.8, 4) is 0 Å². The molecule has 1 fully saturated rings. The zero-order valence-electron chi connectivity index (χ0n) is 16.1. The summed E-state index contributed by atoms with van der Waals surface area (Å²) in [6.07, 6.45) is 6.01. The molecule has 3 heterocycles. The number of aromatic nitrogens is 3. The highest BCUT2D eigenvalue weighted by Gasteiger charge is 2.25. The molecule has 0 aromatic carbocycles. The van der Waals surface area contributed by atoms with Crippen LogP contribution in [0.15, 0.2) is 30.6 Å². The summed E-state index contributed by atoms with van der Waals surface area (Å²) in [4.78, 5) is 41.1. The summed E-state index contributed by atoms with van der Waals surface area (Å²) in [5.41, 5.74) is 1.89. The van der Waals surface area contributed by atoms with Gasteiger partial charge in [-0.15, -0.1) is 0 Å². The second-order valence-corrected chi connectivity index (χ2v) is 7.20. The van der Waals surface area contributed by atoms with E-state index in [0.717, 1.165) is 31.5 Å². The predicted octanol–water partition coefficient (Wildman–Crippen LogP) is 1.98. The van der Waals surface area contributed by atoms with Crippen molar-refractivity contribution >= 4 is 11.8 Å². The molecule has 7 nitrogen and oxygen atoms in total. The fourth-order valence-electron chi connectivity index (χ4n) is 3.46. The summed E-state index contributed by atoms with van der Waals surface area (Å²) in [5, 5.41) is 0. The van der Waals surface area contributed by atoms with Gasteiger partial charge >= 0.3 is 0 Å².